The van der Waals surface area contributed by atoms with E-state index < -0.39 is 10.7 Å². The van der Waals surface area contributed by atoms with Crippen molar-refractivity contribution < 1.29 is 4.79 Å². The van der Waals surface area contributed by atoms with Crippen LogP contribution in [-0.4, -0.2) is 20.1 Å². The first kappa shape index (κ1) is 14.9. The number of aryl methyl sites for hydroxylation is 1. The van der Waals surface area contributed by atoms with Crippen LogP contribution in [-0.2, 0) is 4.79 Å². The maximum atomic E-state index is 11.9. The van der Waals surface area contributed by atoms with Crippen LogP contribution < -0.4 is 5.32 Å². The van der Waals surface area contributed by atoms with E-state index in [9.17, 15) is 4.79 Å². The number of aromatic nitrogens is 2. The predicted molar refractivity (Wildman–Crippen MR) is 89.5 cm³/mol. The molecule has 4 nitrogen and oxygen atoms in total. The quantitative estimate of drug-likeness (QED) is 0.735. The van der Waals surface area contributed by atoms with E-state index in [0.717, 1.165) is 16.8 Å². The first-order chi connectivity index (χ1) is 10.6. The first-order valence-corrected chi connectivity index (χ1v) is 7.56. The molecule has 2 aromatic heterocycles. The molecule has 0 aliphatic rings. The lowest BCUT2D eigenvalue weighted by atomic mass is 10.1. The molecule has 6 heteroatoms. The second kappa shape index (κ2) is 5.99. The van der Waals surface area contributed by atoms with Crippen molar-refractivity contribution in [3.8, 4) is 11.3 Å². The Morgan fingerprint density at radius 1 is 1.23 bits per heavy atom. The molecule has 1 N–H and O–H groups in total. The van der Waals surface area contributed by atoms with Gasteiger partial charge in [0, 0.05) is 11.8 Å². The summed E-state index contributed by atoms with van der Waals surface area (Å²) in [5.41, 5.74) is 3.41. The second-order valence-electron chi connectivity index (χ2n) is 4.90. The summed E-state index contributed by atoms with van der Waals surface area (Å²) in [4.78, 5) is 15.4. The van der Waals surface area contributed by atoms with Crippen molar-refractivity contribution >= 4 is 40.6 Å². The molecule has 0 atom stereocenters. The maximum Gasteiger partial charge on any atom is 0.258 e. The van der Waals surface area contributed by atoms with Gasteiger partial charge in [-0.15, -0.1) is 0 Å². The van der Waals surface area contributed by atoms with Crippen LogP contribution in [0, 0.1) is 6.92 Å². The summed E-state index contributed by atoms with van der Waals surface area (Å²) in [6.07, 6.45) is 1.86. The van der Waals surface area contributed by atoms with E-state index in [2.05, 4.69) is 10.3 Å². The van der Waals surface area contributed by atoms with E-state index in [1.807, 2.05) is 60.0 Å². The number of hydrogen-bond acceptors (Lipinski definition) is 2. The highest BCUT2D eigenvalue weighted by Gasteiger charge is 2.19. The van der Waals surface area contributed by atoms with E-state index in [1.165, 1.54) is 0 Å². The molecule has 3 rings (SSSR count). The fourth-order valence-electron chi connectivity index (χ4n) is 2.23. The van der Waals surface area contributed by atoms with Crippen molar-refractivity contribution in [1.29, 1.82) is 0 Å². The molecule has 22 heavy (non-hydrogen) atoms. The summed E-state index contributed by atoms with van der Waals surface area (Å²) in [5.74, 6) is 0.0698. The Hall–Kier alpha value is -2.04. The summed E-state index contributed by atoms with van der Waals surface area (Å²) < 4.78 is 1.81. The number of alkyl halides is 2. The Bertz CT molecular complexity index is 828. The number of amides is 1. The number of rotatable bonds is 3. The van der Waals surface area contributed by atoms with Crippen LogP contribution in [0.2, 0.25) is 0 Å². The average molecular weight is 334 g/mol. The van der Waals surface area contributed by atoms with Gasteiger partial charge in [0.05, 0.1) is 0 Å². The SMILES string of the molecule is Cc1ccn2c(NC(=O)C(Cl)Cl)c(-c3ccccc3)nc2c1. The van der Waals surface area contributed by atoms with Crippen LogP contribution in [0.25, 0.3) is 16.9 Å². The van der Waals surface area contributed by atoms with Gasteiger partial charge < -0.3 is 5.32 Å². The van der Waals surface area contributed by atoms with Crippen molar-refractivity contribution in [2.75, 3.05) is 5.32 Å². The highest BCUT2D eigenvalue weighted by atomic mass is 35.5. The fraction of sp³-hybridized carbons (Fsp3) is 0.125. The molecule has 0 saturated carbocycles. The van der Waals surface area contributed by atoms with Crippen LogP contribution in [0.1, 0.15) is 5.56 Å². The van der Waals surface area contributed by atoms with Crippen LogP contribution in [0.3, 0.4) is 0 Å². The van der Waals surface area contributed by atoms with Crippen LogP contribution in [0.4, 0.5) is 5.82 Å². The Balaban J connectivity index is 2.19. The number of nitrogens with one attached hydrogen (secondary N) is 1. The molecule has 0 spiro atoms. The number of fused-ring (bicyclic) bond motifs is 1. The molecule has 0 unspecified atom stereocenters. The zero-order valence-electron chi connectivity index (χ0n) is 11.8. The number of carbonyl (C=O) groups is 1. The van der Waals surface area contributed by atoms with Crippen LogP contribution in [0.15, 0.2) is 48.7 Å². The molecule has 1 aromatic carbocycles. The Kier molecular flexibility index (Phi) is 4.05. The molecule has 1 amide bonds. The smallest absolute Gasteiger partial charge is 0.258 e. The molecule has 112 valence electrons. The number of benzene rings is 1. The molecule has 0 radical (unpaired) electrons. The Labute approximate surface area is 137 Å². The van der Waals surface area contributed by atoms with Gasteiger partial charge in [-0.3, -0.25) is 9.20 Å². The lowest BCUT2D eigenvalue weighted by Crippen LogP contribution is -2.20. The molecule has 2 heterocycles. The lowest BCUT2D eigenvalue weighted by molar-refractivity contribution is -0.114. The van der Waals surface area contributed by atoms with Gasteiger partial charge in [-0.2, -0.15) is 0 Å². The summed E-state index contributed by atoms with van der Waals surface area (Å²) in [6.45, 7) is 1.99. The third kappa shape index (κ3) is 2.80. The summed E-state index contributed by atoms with van der Waals surface area (Å²) in [6, 6.07) is 13.5. The van der Waals surface area contributed by atoms with Crippen molar-refractivity contribution in [1.82, 2.24) is 9.38 Å². The lowest BCUT2D eigenvalue weighted by Gasteiger charge is -2.08. The summed E-state index contributed by atoms with van der Waals surface area (Å²) >= 11 is 11.3. The van der Waals surface area contributed by atoms with Crippen molar-refractivity contribution in [2.24, 2.45) is 0 Å². The maximum absolute atomic E-state index is 11.9. The number of carbonyl (C=O) groups excluding carboxylic acids is 1. The second-order valence-corrected chi connectivity index (χ2v) is 5.99. The van der Waals surface area contributed by atoms with Crippen LogP contribution >= 0.6 is 23.2 Å². The van der Waals surface area contributed by atoms with Gasteiger partial charge in [0.2, 0.25) is 0 Å². The van der Waals surface area contributed by atoms with Gasteiger partial charge in [-0.1, -0.05) is 53.5 Å². The van der Waals surface area contributed by atoms with Gasteiger partial charge in [0.25, 0.3) is 5.91 Å². The van der Waals surface area contributed by atoms with Crippen LogP contribution in [0.5, 0.6) is 0 Å². The summed E-state index contributed by atoms with van der Waals surface area (Å²) in [5, 5.41) is 2.75. The Morgan fingerprint density at radius 3 is 2.64 bits per heavy atom. The molecular weight excluding hydrogens is 321 g/mol. The zero-order valence-corrected chi connectivity index (χ0v) is 13.3. The number of hydrogen-bond donors (Lipinski definition) is 1. The Morgan fingerprint density at radius 2 is 1.95 bits per heavy atom. The van der Waals surface area contributed by atoms with E-state index in [0.29, 0.717) is 11.5 Å². The minimum absolute atomic E-state index is 0.483. The molecular formula is C16H13Cl2N3O. The summed E-state index contributed by atoms with van der Waals surface area (Å²) in [7, 11) is 0. The normalized spacial score (nSPS) is 11.1. The standard InChI is InChI=1S/C16H13Cl2N3O/c1-10-7-8-21-12(9-10)19-13(11-5-3-2-4-6-11)15(21)20-16(22)14(17)18/h2-9,14H,1H3,(H,20,22). The topological polar surface area (TPSA) is 46.4 Å². The average Bonchev–Trinajstić information content (AvgIpc) is 2.85. The minimum Gasteiger partial charge on any atom is -0.308 e. The van der Waals surface area contributed by atoms with Crippen molar-refractivity contribution in [2.45, 2.75) is 11.8 Å². The van der Waals surface area contributed by atoms with Gasteiger partial charge in [0.15, 0.2) is 4.84 Å². The molecule has 0 bridgehead atoms. The molecule has 0 aliphatic carbocycles. The molecule has 3 aromatic rings. The van der Waals surface area contributed by atoms with Gasteiger partial charge in [-0.05, 0) is 24.6 Å². The fourth-order valence-corrected chi connectivity index (χ4v) is 2.34. The highest BCUT2D eigenvalue weighted by molar-refractivity contribution is 6.54. The minimum atomic E-state index is -1.14. The van der Waals surface area contributed by atoms with Crippen molar-refractivity contribution in [3.63, 3.8) is 0 Å². The third-order valence-electron chi connectivity index (χ3n) is 3.27. The van der Waals surface area contributed by atoms with Gasteiger partial charge in [0.1, 0.15) is 17.2 Å². The number of nitrogens with zero attached hydrogens (tertiary/aromatic N) is 2. The predicted octanol–water partition coefficient (Wildman–Crippen LogP) is 4.05. The molecule has 0 aliphatic heterocycles. The monoisotopic (exact) mass is 333 g/mol. The third-order valence-corrected chi connectivity index (χ3v) is 3.67. The highest BCUT2D eigenvalue weighted by Crippen LogP contribution is 2.29. The number of imidazole rings is 1. The molecule has 0 saturated heterocycles. The van der Waals surface area contributed by atoms with E-state index in [-0.39, 0.29) is 0 Å². The van der Waals surface area contributed by atoms with Gasteiger partial charge in [-0.25, -0.2) is 4.98 Å². The number of halogens is 2. The van der Waals surface area contributed by atoms with E-state index in [4.69, 9.17) is 23.2 Å². The van der Waals surface area contributed by atoms with E-state index in [1.54, 1.807) is 0 Å². The van der Waals surface area contributed by atoms with E-state index >= 15 is 0 Å². The largest absolute Gasteiger partial charge is 0.308 e. The zero-order chi connectivity index (χ0) is 15.7. The first-order valence-electron chi connectivity index (χ1n) is 6.69. The van der Waals surface area contributed by atoms with Crippen molar-refractivity contribution in [3.05, 3.63) is 54.2 Å². The number of pyridine rings is 1. The molecule has 0 fully saturated rings. The number of anilines is 1. The van der Waals surface area contributed by atoms with Gasteiger partial charge >= 0.3 is 0 Å².